The Balaban J connectivity index is 1.42. The third-order valence-corrected chi connectivity index (χ3v) is 7.74. The van der Waals surface area contributed by atoms with Gasteiger partial charge in [0.15, 0.2) is 0 Å². The van der Waals surface area contributed by atoms with Crippen molar-refractivity contribution >= 4 is 32.7 Å². The second-order valence-electron chi connectivity index (χ2n) is 9.28. The van der Waals surface area contributed by atoms with Crippen LogP contribution in [-0.4, -0.2) is 49.2 Å². The fourth-order valence-electron chi connectivity index (χ4n) is 4.96. The number of rotatable bonds is 4. The lowest BCUT2D eigenvalue weighted by molar-refractivity contribution is 0.0530. The zero-order valence-electron chi connectivity index (χ0n) is 19.8. The Hall–Kier alpha value is -3.46. The van der Waals surface area contributed by atoms with Crippen LogP contribution in [0.25, 0.3) is 10.9 Å². The molecule has 0 bridgehead atoms. The van der Waals surface area contributed by atoms with Crippen molar-refractivity contribution in [3.05, 3.63) is 70.4 Å². The molecule has 2 aliphatic heterocycles. The topological polar surface area (TPSA) is 115 Å². The summed E-state index contributed by atoms with van der Waals surface area (Å²) in [5.41, 5.74) is 10.4. The van der Waals surface area contributed by atoms with E-state index in [1.165, 1.54) is 0 Å². The van der Waals surface area contributed by atoms with Gasteiger partial charge in [-0.3, -0.25) is 9.78 Å². The van der Waals surface area contributed by atoms with Gasteiger partial charge in [-0.15, -0.1) is 4.40 Å². The molecule has 8 nitrogen and oxygen atoms in total. The molecule has 3 heterocycles. The summed E-state index contributed by atoms with van der Waals surface area (Å²) in [6.07, 6.45) is 2.75. The molecule has 2 aliphatic rings. The minimum Gasteiger partial charge on any atom is -0.491 e. The number of pyridine rings is 1. The lowest BCUT2D eigenvalue weighted by atomic mass is 9.99. The highest BCUT2D eigenvalue weighted by Gasteiger charge is 2.31. The molecule has 1 fully saturated rings. The van der Waals surface area contributed by atoms with Crippen molar-refractivity contribution in [2.24, 2.45) is 10.1 Å². The highest BCUT2D eigenvalue weighted by atomic mass is 32.2. The van der Waals surface area contributed by atoms with Crippen LogP contribution in [0.4, 0.5) is 0 Å². The van der Waals surface area contributed by atoms with Crippen LogP contribution < -0.4 is 10.5 Å². The van der Waals surface area contributed by atoms with Crippen LogP contribution in [0.3, 0.4) is 0 Å². The predicted octanol–water partition coefficient (Wildman–Crippen LogP) is 3.47. The van der Waals surface area contributed by atoms with E-state index >= 15 is 0 Å². The maximum Gasteiger partial charge on any atom is 0.259 e. The fraction of sp³-hybridized carbons (Fsp3) is 0.346. The van der Waals surface area contributed by atoms with E-state index < -0.39 is 10.0 Å². The summed E-state index contributed by atoms with van der Waals surface area (Å²) in [6, 6.07) is 12.9. The van der Waals surface area contributed by atoms with Gasteiger partial charge in [-0.05, 0) is 62.9 Å². The van der Waals surface area contributed by atoms with Gasteiger partial charge in [0.1, 0.15) is 18.2 Å². The summed E-state index contributed by atoms with van der Waals surface area (Å²) in [7, 11) is -3.62. The third-order valence-electron chi connectivity index (χ3n) is 6.59. The summed E-state index contributed by atoms with van der Waals surface area (Å²) in [5.74, 6) is 0.189. The molecule has 0 spiro atoms. The van der Waals surface area contributed by atoms with E-state index in [1.807, 2.05) is 43.0 Å². The number of carbonyl (C=O) groups is 1. The summed E-state index contributed by atoms with van der Waals surface area (Å²) >= 11 is 0. The van der Waals surface area contributed by atoms with Crippen molar-refractivity contribution in [3.63, 3.8) is 0 Å². The van der Waals surface area contributed by atoms with E-state index in [4.69, 9.17) is 10.5 Å². The molecule has 0 unspecified atom stereocenters. The molecule has 2 aromatic carbocycles. The van der Waals surface area contributed by atoms with Gasteiger partial charge in [0.2, 0.25) is 0 Å². The molecule has 5 rings (SSSR count). The van der Waals surface area contributed by atoms with Gasteiger partial charge in [-0.2, -0.15) is 0 Å². The molecule has 1 atom stereocenters. The van der Waals surface area contributed by atoms with Crippen LogP contribution >= 0.6 is 0 Å². The lowest BCUT2D eigenvalue weighted by Crippen LogP contribution is -2.47. The Kier molecular flexibility index (Phi) is 5.96. The number of benzene rings is 2. The number of amides is 1. The van der Waals surface area contributed by atoms with Crippen LogP contribution in [0.1, 0.15) is 52.0 Å². The number of aromatic nitrogens is 1. The molecule has 3 aromatic rings. The van der Waals surface area contributed by atoms with E-state index in [-0.39, 0.29) is 30.1 Å². The van der Waals surface area contributed by atoms with E-state index in [2.05, 4.69) is 9.38 Å². The summed E-state index contributed by atoms with van der Waals surface area (Å²) < 4.78 is 33.8. The van der Waals surface area contributed by atoms with Crippen LogP contribution in [0.5, 0.6) is 5.75 Å². The number of nitrogens with zero attached hydrogens (tertiary/aromatic N) is 3. The molecule has 182 valence electrons. The molecular formula is C26H28N4O4S. The molecule has 0 aliphatic carbocycles. The van der Waals surface area contributed by atoms with Crippen molar-refractivity contribution < 1.29 is 17.9 Å². The predicted molar refractivity (Wildman–Crippen MR) is 135 cm³/mol. The average Bonchev–Trinajstić information content (AvgIpc) is 2.81. The number of amidine groups is 1. The number of hydrogen-bond acceptors (Lipinski definition) is 6. The van der Waals surface area contributed by atoms with Gasteiger partial charge in [-0.25, -0.2) is 8.42 Å². The molecule has 1 amide bonds. The van der Waals surface area contributed by atoms with E-state index in [0.29, 0.717) is 29.0 Å². The number of carbonyl (C=O) groups excluding carboxylic acids is 1. The minimum atomic E-state index is -3.62. The van der Waals surface area contributed by atoms with E-state index in [1.54, 1.807) is 18.2 Å². The van der Waals surface area contributed by atoms with E-state index in [9.17, 15) is 13.2 Å². The van der Waals surface area contributed by atoms with Crippen molar-refractivity contribution in [1.82, 2.24) is 9.88 Å². The zero-order chi connectivity index (χ0) is 24.7. The Morgan fingerprint density at radius 2 is 2.00 bits per heavy atom. The SMILES string of the molecule is Cc1ccc2nc(C)cc(C(=O)N3CCCC[C@@H]3COc3cccc4c3C(N)=NS(=O)(=O)C4)c2c1. The first kappa shape index (κ1) is 23.3. The standard InChI is InChI=1S/C26H28N4O4S/c1-16-9-10-22-20(12-16)21(13-17(2)28-22)26(31)30-11-4-3-7-19(30)14-34-23-8-5-6-18-15-35(32,33)29-25(27)24(18)23/h5-6,8-10,12-13,19H,3-4,7,11,14-15H2,1-2H3,(H2,27,29)/t19-/m1/s1. The van der Waals surface area contributed by atoms with Crippen LogP contribution in [0, 0.1) is 13.8 Å². The third kappa shape index (κ3) is 4.60. The number of nitrogens with two attached hydrogens (primary N) is 1. The van der Waals surface area contributed by atoms with E-state index in [0.717, 1.165) is 41.4 Å². The van der Waals surface area contributed by atoms with Crippen LogP contribution in [0.15, 0.2) is 46.9 Å². The number of fused-ring (bicyclic) bond motifs is 2. The molecule has 2 N–H and O–H groups in total. The number of hydrogen-bond donors (Lipinski definition) is 1. The van der Waals surface area contributed by atoms with Crippen molar-refractivity contribution in [2.75, 3.05) is 13.2 Å². The summed E-state index contributed by atoms with van der Waals surface area (Å²) in [6.45, 7) is 4.84. The van der Waals surface area contributed by atoms with Crippen LogP contribution in [0.2, 0.25) is 0 Å². The molecule has 1 aromatic heterocycles. The van der Waals surface area contributed by atoms with Gasteiger partial charge in [-0.1, -0.05) is 23.8 Å². The normalized spacial score (nSPS) is 19.2. The first-order valence-corrected chi connectivity index (χ1v) is 13.3. The molecule has 1 saturated heterocycles. The summed E-state index contributed by atoms with van der Waals surface area (Å²) in [4.78, 5) is 20.3. The summed E-state index contributed by atoms with van der Waals surface area (Å²) in [5, 5.41) is 0.855. The first-order chi connectivity index (χ1) is 16.7. The lowest BCUT2D eigenvalue weighted by Gasteiger charge is -2.36. The Bertz CT molecular complexity index is 1470. The Morgan fingerprint density at radius 3 is 2.83 bits per heavy atom. The molecule has 9 heteroatoms. The van der Waals surface area contributed by atoms with Crippen LogP contribution in [-0.2, 0) is 15.8 Å². The smallest absolute Gasteiger partial charge is 0.259 e. The van der Waals surface area contributed by atoms with Crippen molar-refractivity contribution in [2.45, 2.75) is 44.9 Å². The highest BCUT2D eigenvalue weighted by molar-refractivity contribution is 7.89. The second-order valence-corrected chi connectivity index (χ2v) is 10.9. The maximum atomic E-state index is 13.8. The fourth-order valence-corrected chi connectivity index (χ4v) is 6.05. The number of likely N-dealkylation sites (tertiary alicyclic amines) is 1. The largest absolute Gasteiger partial charge is 0.491 e. The minimum absolute atomic E-state index is 0.0262. The first-order valence-electron chi connectivity index (χ1n) is 11.7. The molecule has 35 heavy (non-hydrogen) atoms. The second kappa shape index (κ2) is 8.96. The highest BCUT2D eigenvalue weighted by Crippen LogP contribution is 2.30. The number of aryl methyl sites for hydroxylation is 2. The monoisotopic (exact) mass is 492 g/mol. The Labute approximate surface area is 204 Å². The number of piperidine rings is 1. The van der Waals surface area contributed by atoms with Crippen molar-refractivity contribution in [3.8, 4) is 5.75 Å². The van der Waals surface area contributed by atoms with Crippen molar-refractivity contribution in [1.29, 1.82) is 0 Å². The average molecular weight is 493 g/mol. The molecule has 0 radical (unpaired) electrons. The number of sulfonamides is 1. The quantitative estimate of drug-likeness (QED) is 0.596. The van der Waals surface area contributed by atoms with Gasteiger partial charge < -0.3 is 15.4 Å². The molecule has 0 saturated carbocycles. The van der Waals surface area contributed by atoms with Gasteiger partial charge in [0.05, 0.1) is 28.4 Å². The van der Waals surface area contributed by atoms with Gasteiger partial charge in [0.25, 0.3) is 15.9 Å². The molecular weight excluding hydrogens is 464 g/mol. The van der Waals surface area contributed by atoms with Gasteiger partial charge >= 0.3 is 0 Å². The Morgan fingerprint density at radius 1 is 1.17 bits per heavy atom. The maximum absolute atomic E-state index is 13.8. The zero-order valence-corrected chi connectivity index (χ0v) is 20.6. The number of ether oxygens (including phenoxy) is 1. The van der Waals surface area contributed by atoms with Gasteiger partial charge in [0, 0.05) is 17.6 Å².